The quantitative estimate of drug-likeness (QED) is 0.899. The van der Waals surface area contributed by atoms with Gasteiger partial charge in [-0.15, -0.1) is 11.3 Å². The van der Waals surface area contributed by atoms with Crippen LogP contribution >= 0.6 is 11.3 Å². The zero-order valence-corrected chi connectivity index (χ0v) is 13.2. The van der Waals surface area contributed by atoms with Crippen LogP contribution in [0.25, 0.3) is 0 Å². The van der Waals surface area contributed by atoms with Crippen molar-refractivity contribution in [3.8, 4) is 6.07 Å². The SMILES string of the molecule is CC(C)N(C)c1ccc(NCc2ccc(C#N)s2)cc1F. The van der Waals surface area contributed by atoms with Gasteiger partial charge < -0.3 is 10.2 Å². The smallest absolute Gasteiger partial charge is 0.148 e. The Kier molecular flexibility index (Phi) is 4.81. The third-order valence-electron chi connectivity index (χ3n) is 3.34. The van der Waals surface area contributed by atoms with Crippen molar-refractivity contribution in [2.24, 2.45) is 0 Å². The van der Waals surface area contributed by atoms with Gasteiger partial charge in [0.05, 0.1) is 5.69 Å². The van der Waals surface area contributed by atoms with Crippen LogP contribution in [0.5, 0.6) is 0 Å². The summed E-state index contributed by atoms with van der Waals surface area (Å²) in [4.78, 5) is 3.64. The summed E-state index contributed by atoms with van der Waals surface area (Å²) in [5.41, 5.74) is 1.33. The Bertz CT molecular complexity index is 658. The first-order chi connectivity index (χ1) is 10.0. The fourth-order valence-corrected chi connectivity index (χ4v) is 2.65. The van der Waals surface area contributed by atoms with Gasteiger partial charge >= 0.3 is 0 Å². The standard InChI is InChI=1S/C16H18FN3S/c1-11(2)20(3)16-7-4-12(8-15(16)17)19-10-14-6-5-13(9-18)21-14/h4-8,11,19H,10H2,1-3H3. The molecule has 2 rings (SSSR count). The number of nitriles is 1. The van der Waals surface area contributed by atoms with E-state index in [2.05, 4.69) is 11.4 Å². The van der Waals surface area contributed by atoms with Gasteiger partial charge in [0.1, 0.15) is 16.8 Å². The maximum Gasteiger partial charge on any atom is 0.148 e. The highest BCUT2D eigenvalue weighted by atomic mass is 32.1. The number of nitrogens with one attached hydrogen (secondary N) is 1. The van der Waals surface area contributed by atoms with E-state index in [0.29, 0.717) is 17.1 Å². The molecule has 0 spiro atoms. The van der Waals surface area contributed by atoms with Gasteiger partial charge in [-0.25, -0.2) is 4.39 Å². The summed E-state index contributed by atoms with van der Waals surface area (Å²) >= 11 is 1.44. The molecule has 1 aromatic carbocycles. The molecule has 1 aromatic heterocycles. The van der Waals surface area contributed by atoms with Gasteiger partial charge in [-0.05, 0) is 44.2 Å². The van der Waals surface area contributed by atoms with E-state index in [4.69, 9.17) is 5.26 Å². The summed E-state index contributed by atoms with van der Waals surface area (Å²) in [7, 11) is 1.88. The Balaban J connectivity index is 2.05. The highest BCUT2D eigenvalue weighted by molar-refractivity contribution is 7.12. The van der Waals surface area contributed by atoms with Gasteiger partial charge in [-0.2, -0.15) is 5.26 Å². The molecule has 0 bridgehead atoms. The molecule has 0 aliphatic rings. The maximum atomic E-state index is 14.1. The third kappa shape index (κ3) is 3.73. The minimum absolute atomic E-state index is 0.236. The first-order valence-corrected chi connectivity index (χ1v) is 7.58. The van der Waals surface area contributed by atoms with Crippen molar-refractivity contribution in [1.82, 2.24) is 0 Å². The molecule has 1 N–H and O–H groups in total. The van der Waals surface area contributed by atoms with E-state index in [1.807, 2.05) is 37.9 Å². The maximum absolute atomic E-state index is 14.1. The number of rotatable bonds is 5. The molecule has 110 valence electrons. The van der Waals surface area contributed by atoms with Crippen molar-refractivity contribution in [2.45, 2.75) is 26.4 Å². The normalized spacial score (nSPS) is 10.5. The molecule has 2 aromatic rings. The molecule has 0 aliphatic carbocycles. The molecule has 21 heavy (non-hydrogen) atoms. The Morgan fingerprint density at radius 1 is 1.33 bits per heavy atom. The summed E-state index contributed by atoms with van der Waals surface area (Å²) in [5, 5.41) is 12.0. The first kappa shape index (κ1) is 15.3. The molecular formula is C16H18FN3S. The Morgan fingerprint density at radius 2 is 2.10 bits per heavy atom. The lowest BCUT2D eigenvalue weighted by molar-refractivity contribution is 0.614. The molecule has 5 heteroatoms. The van der Waals surface area contributed by atoms with Crippen LogP contribution in [0.3, 0.4) is 0 Å². The second-order valence-corrected chi connectivity index (χ2v) is 6.27. The summed E-state index contributed by atoms with van der Waals surface area (Å²) < 4.78 is 14.1. The lowest BCUT2D eigenvalue weighted by Gasteiger charge is -2.24. The zero-order chi connectivity index (χ0) is 15.4. The number of thiophene rings is 1. The average Bonchev–Trinajstić information content (AvgIpc) is 2.92. The second kappa shape index (κ2) is 6.59. The number of nitrogens with zero attached hydrogens (tertiary/aromatic N) is 2. The summed E-state index contributed by atoms with van der Waals surface area (Å²) in [6, 6.07) is 11.2. The molecule has 1 heterocycles. The van der Waals surface area contributed by atoms with Gasteiger partial charge in [0, 0.05) is 30.2 Å². The fraction of sp³-hybridized carbons (Fsp3) is 0.312. The molecular weight excluding hydrogens is 285 g/mol. The molecule has 0 saturated carbocycles. The van der Waals surface area contributed by atoms with Gasteiger partial charge in [0.15, 0.2) is 0 Å². The Hall–Kier alpha value is -2.06. The molecule has 0 fully saturated rings. The van der Waals surface area contributed by atoms with Crippen molar-refractivity contribution in [1.29, 1.82) is 5.26 Å². The van der Waals surface area contributed by atoms with Gasteiger partial charge in [0.2, 0.25) is 0 Å². The van der Waals surface area contributed by atoms with E-state index in [1.165, 1.54) is 17.4 Å². The number of halogens is 1. The van der Waals surface area contributed by atoms with E-state index in [9.17, 15) is 4.39 Å². The molecule has 3 nitrogen and oxygen atoms in total. The number of hydrogen-bond acceptors (Lipinski definition) is 4. The average molecular weight is 303 g/mol. The monoisotopic (exact) mass is 303 g/mol. The first-order valence-electron chi connectivity index (χ1n) is 6.76. The van der Waals surface area contributed by atoms with E-state index in [1.54, 1.807) is 12.1 Å². The molecule has 0 amide bonds. The van der Waals surface area contributed by atoms with Crippen molar-refractivity contribution in [3.63, 3.8) is 0 Å². The van der Waals surface area contributed by atoms with E-state index >= 15 is 0 Å². The van der Waals surface area contributed by atoms with Crippen LogP contribution < -0.4 is 10.2 Å². The van der Waals surface area contributed by atoms with Crippen LogP contribution in [0, 0.1) is 17.1 Å². The second-order valence-electron chi connectivity index (χ2n) is 5.10. The van der Waals surface area contributed by atoms with Crippen LogP contribution in [-0.4, -0.2) is 13.1 Å². The van der Waals surface area contributed by atoms with Crippen LogP contribution in [0.2, 0.25) is 0 Å². The summed E-state index contributed by atoms with van der Waals surface area (Å²) in [6.07, 6.45) is 0. The highest BCUT2D eigenvalue weighted by Crippen LogP contribution is 2.24. The van der Waals surface area contributed by atoms with Crippen molar-refractivity contribution in [2.75, 3.05) is 17.3 Å². The Morgan fingerprint density at radius 3 is 2.67 bits per heavy atom. The van der Waals surface area contributed by atoms with Crippen LogP contribution in [0.15, 0.2) is 30.3 Å². The topological polar surface area (TPSA) is 39.1 Å². The summed E-state index contributed by atoms with van der Waals surface area (Å²) in [5.74, 6) is -0.236. The van der Waals surface area contributed by atoms with E-state index in [-0.39, 0.29) is 11.9 Å². The van der Waals surface area contributed by atoms with Crippen LogP contribution in [-0.2, 0) is 6.54 Å². The minimum atomic E-state index is -0.236. The van der Waals surface area contributed by atoms with Gasteiger partial charge in [-0.1, -0.05) is 0 Å². The lowest BCUT2D eigenvalue weighted by Crippen LogP contribution is -2.26. The van der Waals surface area contributed by atoms with E-state index < -0.39 is 0 Å². The molecule has 0 radical (unpaired) electrons. The molecule has 0 saturated heterocycles. The number of benzene rings is 1. The minimum Gasteiger partial charge on any atom is -0.380 e. The Labute approximate surface area is 128 Å². The van der Waals surface area contributed by atoms with Crippen LogP contribution in [0.4, 0.5) is 15.8 Å². The van der Waals surface area contributed by atoms with Crippen molar-refractivity contribution >= 4 is 22.7 Å². The van der Waals surface area contributed by atoms with Crippen molar-refractivity contribution < 1.29 is 4.39 Å². The van der Waals surface area contributed by atoms with Gasteiger partial charge in [0.25, 0.3) is 0 Å². The molecule has 0 atom stereocenters. The summed E-state index contributed by atoms with van der Waals surface area (Å²) in [6.45, 7) is 4.63. The van der Waals surface area contributed by atoms with Crippen molar-refractivity contribution in [3.05, 3.63) is 45.9 Å². The molecule has 0 unspecified atom stereocenters. The number of anilines is 2. The van der Waals surface area contributed by atoms with E-state index in [0.717, 1.165) is 10.6 Å². The van der Waals surface area contributed by atoms with Crippen LogP contribution in [0.1, 0.15) is 23.6 Å². The zero-order valence-electron chi connectivity index (χ0n) is 12.4. The third-order valence-corrected chi connectivity index (χ3v) is 4.33. The fourth-order valence-electron chi connectivity index (χ4n) is 1.90. The molecule has 0 aliphatic heterocycles. The predicted octanol–water partition coefficient (Wildman–Crippen LogP) is 4.22. The number of hydrogen-bond donors (Lipinski definition) is 1. The largest absolute Gasteiger partial charge is 0.380 e. The highest BCUT2D eigenvalue weighted by Gasteiger charge is 2.11. The predicted molar refractivity (Wildman–Crippen MR) is 86.3 cm³/mol. The van der Waals surface area contributed by atoms with Gasteiger partial charge in [-0.3, -0.25) is 0 Å². The lowest BCUT2D eigenvalue weighted by atomic mass is 10.2.